The van der Waals surface area contributed by atoms with Crippen LogP contribution in [-0.2, 0) is 9.84 Å². The van der Waals surface area contributed by atoms with Crippen molar-refractivity contribution in [3.63, 3.8) is 0 Å². The Kier molecular flexibility index (Phi) is 4.76. The second-order valence-corrected chi connectivity index (χ2v) is 5.79. The van der Waals surface area contributed by atoms with Gasteiger partial charge in [0.2, 0.25) is 0 Å². The summed E-state index contributed by atoms with van der Waals surface area (Å²) in [6.07, 6.45) is -5.97. The number of sulfone groups is 1. The molecule has 1 aromatic carbocycles. The molecule has 0 fully saturated rings. The summed E-state index contributed by atoms with van der Waals surface area (Å²) >= 11 is 0. The Hall–Kier alpha value is -1.52. The lowest BCUT2D eigenvalue weighted by Crippen LogP contribution is -2.25. The van der Waals surface area contributed by atoms with E-state index in [9.17, 15) is 39.2 Å². The molecule has 3 nitrogen and oxygen atoms in total. The highest BCUT2D eigenvalue weighted by atomic mass is 32.2. The molecule has 0 aliphatic heterocycles. The monoisotopic (exact) mass is 339 g/mol. The molecule has 0 atom stereocenters. The van der Waals surface area contributed by atoms with E-state index in [1.165, 1.54) is 0 Å². The maximum absolute atomic E-state index is 12.9. The van der Waals surface area contributed by atoms with Crippen molar-refractivity contribution >= 4 is 15.5 Å². The number of rotatable bonds is 4. The SMILES string of the molecule is O=S(=O)(c1cc(F)ccc1NCCC(F)(F)F)C(F)(F)F. The first kappa shape index (κ1) is 17.5. The van der Waals surface area contributed by atoms with Gasteiger partial charge in [0.1, 0.15) is 10.7 Å². The number of hydrogen-bond donors (Lipinski definition) is 1. The van der Waals surface area contributed by atoms with E-state index < -0.39 is 50.9 Å². The van der Waals surface area contributed by atoms with E-state index >= 15 is 0 Å². The maximum Gasteiger partial charge on any atom is 0.501 e. The van der Waals surface area contributed by atoms with Gasteiger partial charge in [-0.3, -0.25) is 0 Å². The minimum absolute atomic E-state index is 0.0960. The summed E-state index contributed by atoms with van der Waals surface area (Å²) in [4.78, 5) is -1.46. The number of nitrogens with one attached hydrogen (secondary N) is 1. The summed E-state index contributed by atoms with van der Waals surface area (Å²) in [5, 5.41) is 1.91. The fraction of sp³-hybridized carbons (Fsp3) is 0.400. The molecule has 11 heteroatoms. The third-order valence-electron chi connectivity index (χ3n) is 2.26. The Morgan fingerprint density at radius 3 is 2.10 bits per heavy atom. The summed E-state index contributed by atoms with van der Waals surface area (Å²) in [5.74, 6) is -1.26. The first-order valence-electron chi connectivity index (χ1n) is 5.26. The van der Waals surface area contributed by atoms with Gasteiger partial charge < -0.3 is 5.32 Å². The van der Waals surface area contributed by atoms with Gasteiger partial charge in [-0.15, -0.1) is 0 Å². The molecule has 0 saturated heterocycles. The molecule has 0 aliphatic rings. The minimum Gasteiger partial charge on any atom is -0.384 e. The van der Waals surface area contributed by atoms with Gasteiger partial charge in [0, 0.05) is 6.54 Å². The molecule has 0 bridgehead atoms. The highest BCUT2D eigenvalue weighted by molar-refractivity contribution is 7.92. The van der Waals surface area contributed by atoms with E-state index in [-0.39, 0.29) is 6.07 Å². The molecule has 0 aliphatic carbocycles. The van der Waals surface area contributed by atoms with Crippen molar-refractivity contribution in [2.45, 2.75) is 23.0 Å². The predicted octanol–water partition coefficient (Wildman–Crippen LogP) is 3.48. The summed E-state index contributed by atoms with van der Waals surface area (Å²) in [6.45, 7) is -0.852. The number of alkyl halides is 6. The molecule has 0 unspecified atom stereocenters. The molecule has 0 heterocycles. The van der Waals surface area contributed by atoms with Crippen LogP contribution in [0.3, 0.4) is 0 Å². The quantitative estimate of drug-likeness (QED) is 0.855. The molecular weight excluding hydrogens is 331 g/mol. The zero-order chi connectivity index (χ0) is 16.5. The Balaban J connectivity index is 3.13. The van der Waals surface area contributed by atoms with Gasteiger partial charge >= 0.3 is 11.7 Å². The predicted molar refractivity (Wildman–Crippen MR) is 58.8 cm³/mol. The van der Waals surface area contributed by atoms with Crippen molar-refractivity contribution in [1.82, 2.24) is 0 Å². The third kappa shape index (κ3) is 4.48. The lowest BCUT2D eigenvalue weighted by Gasteiger charge is -2.15. The Bertz CT molecular complexity index is 607. The van der Waals surface area contributed by atoms with Gasteiger partial charge in [-0.25, -0.2) is 12.8 Å². The normalized spacial score (nSPS) is 13.3. The number of benzene rings is 1. The lowest BCUT2D eigenvalue weighted by atomic mass is 10.3. The zero-order valence-corrected chi connectivity index (χ0v) is 10.8. The Labute approximate surface area is 114 Å². The molecule has 120 valence electrons. The van der Waals surface area contributed by atoms with E-state index in [0.717, 1.165) is 0 Å². The van der Waals surface area contributed by atoms with Crippen LogP contribution in [0, 0.1) is 5.82 Å². The highest BCUT2D eigenvalue weighted by Gasteiger charge is 2.48. The second-order valence-electron chi connectivity index (χ2n) is 3.88. The topological polar surface area (TPSA) is 46.2 Å². The Morgan fingerprint density at radius 1 is 1.05 bits per heavy atom. The molecule has 1 aromatic rings. The standard InChI is InChI=1S/C10H8F7NO2S/c11-6-1-2-7(18-4-3-9(12,13)14)8(5-6)21(19,20)10(15,16)17/h1-2,5,18H,3-4H2. The maximum atomic E-state index is 12.9. The molecule has 0 aromatic heterocycles. The first-order valence-corrected chi connectivity index (χ1v) is 6.74. The van der Waals surface area contributed by atoms with Crippen LogP contribution in [-0.4, -0.2) is 26.6 Å². The molecule has 0 saturated carbocycles. The lowest BCUT2D eigenvalue weighted by molar-refractivity contribution is -0.131. The van der Waals surface area contributed by atoms with Crippen LogP contribution in [0.2, 0.25) is 0 Å². The van der Waals surface area contributed by atoms with Crippen LogP contribution in [0.5, 0.6) is 0 Å². The average molecular weight is 339 g/mol. The summed E-state index contributed by atoms with van der Waals surface area (Å²) in [7, 11) is -5.88. The van der Waals surface area contributed by atoms with Crippen molar-refractivity contribution < 1.29 is 39.2 Å². The van der Waals surface area contributed by atoms with Crippen LogP contribution < -0.4 is 5.32 Å². The molecule has 0 spiro atoms. The Morgan fingerprint density at radius 2 is 1.62 bits per heavy atom. The molecule has 1 rings (SSSR count). The largest absolute Gasteiger partial charge is 0.501 e. The van der Waals surface area contributed by atoms with Crippen molar-refractivity contribution in [3.8, 4) is 0 Å². The fourth-order valence-corrected chi connectivity index (χ4v) is 2.27. The van der Waals surface area contributed by atoms with Crippen molar-refractivity contribution in [2.75, 3.05) is 11.9 Å². The van der Waals surface area contributed by atoms with Crippen molar-refractivity contribution in [2.24, 2.45) is 0 Å². The number of hydrogen-bond acceptors (Lipinski definition) is 3. The molecule has 21 heavy (non-hydrogen) atoms. The van der Waals surface area contributed by atoms with E-state index in [0.29, 0.717) is 12.1 Å². The minimum atomic E-state index is -5.88. The van der Waals surface area contributed by atoms with Gasteiger partial charge in [0.15, 0.2) is 0 Å². The van der Waals surface area contributed by atoms with Crippen LogP contribution in [0.25, 0.3) is 0 Å². The summed E-state index contributed by atoms with van der Waals surface area (Å²) in [5.41, 5.74) is -6.45. The fourth-order valence-electron chi connectivity index (χ4n) is 1.33. The number of anilines is 1. The van der Waals surface area contributed by atoms with Crippen LogP contribution in [0.4, 0.5) is 36.4 Å². The van der Waals surface area contributed by atoms with Crippen molar-refractivity contribution in [1.29, 1.82) is 0 Å². The smallest absolute Gasteiger partial charge is 0.384 e. The van der Waals surface area contributed by atoms with Gasteiger partial charge in [-0.05, 0) is 18.2 Å². The van der Waals surface area contributed by atoms with E-state index in [4.69, 9.17) is 0 Å². The highest BCUT2D eigenvalue weighted by Crippen LogP contribution is 2.35. The van der Waals surface area contributed by atoms with Crippen molar-refractivity contribution in [3.05, 3.63) is 24.0 Å². The summed E-state index contributed by atoms with van der Waals surface area (Å²) in [6, 6.07) is 1.36. The van der Waals surface area contributed by atoms with Crippen LogP contribution in [0.15, 0.2) is 23.1 Å². The van der Waals surface area contributed by atoms with Gasteiger partial charge in [-0.2, -0.15) is 26.3 Å². The average Bonchev–Trinajstić information content (AvgIpc) is 2.27. The van der Waals surface area contributed by atoms with Crippen LogP contribution in [0.1, 0.15) is 6.42 Å². The van der Waals surface area contributed by atoms with E-state index in [1.807, 2.05) is 5.32 Å². The van der Waals surface area contributed by atoms with E-state index in [2.05, 4.69) is 0 Å². The molecule has 1 N–H and O–H groups in total. The molecule has 0 radical (unpaired) electrons. The van der Waals surface area contributed by atoms with Crippen LogP contribution >= 0.6 is 0 Å². The number of halogens is 7. The second kappa shape index (κ2) is 5.70. The molecule has 0 amide bonds. The molecular formula is C10H8F7NO2S. The van der Waals surface area contributed by atoms with Gasteiger partial charge in [-0.1, -0.05) is 0 Å². The van der Waals surface area contributed by atoms with Gasteiger partial charge in [0.25, 0.3) is 9.84 Å². The van der Waals surface area contributed by atoms with E-state index in [1.54, 1.807) is 0 Å². The zero-order valence-electron chi connectivity index (χ0n) is 10.0. The van der Waals surface area contributed by atoms with Gasteiger partial charge in [0.05, 0.1) is 12.1 Å². The first-order chi connectivity index (χ1) is 9.34. The summed E-state index contributed by atoms with van der Waals surface area (Å²) < 4.78 is 109. The third-order valence-corrected chi connectivity index (χ3v) is 3.79.